The second-order valence-corrected chi connectivity index (χ2v) is 4.34. The molecule has 0 unspecified atom stereocenters. The number of thioether (sulfide) groups is 1. The highest BCUT2D eigenvalue weighted by atomic mass is 32.2. The molecule has 2 heterocycles. The minimum atomic E-state index is 0.115. The van der Waals surface area contributed by atoms with Crippen molar-refractivity contribution in [1.82, 2.24) is 4.90 Å². The molecule has 0 aromatic carbocycles. The summed E-state index contributed by atoms with van der Waals surface area (Å²) in [5.74, 6) is 1.06. The van der Waals surface area contributed by atoms with Crippen LogP contribution >= 0.6 is 11.8 Å². The Morgan fingerprint density at radius 3 is 2.67 bits per heavy atom. The number of ether oxygens (including phenoxy) is 1. The third kappa shape index (κ3) is 3.43. The van der Waals surface area contributed by atoms with Gasteiger partial charge in [0.2, 0.25) is 5.91 Å². The third-order valence-corrected chi connectivity index (χ3v) is 3.31. The van der Waals surface area contributed by atoms with Crippen LogP contribution in [0.25, 0.3) is 0 Å². The molecule has 0 saturated carbocycles. The summed E-state index contributed by atoms with van der Waals surface area (Å²) in [6.07, 6.45) is 2.17. The molecule has 1 N–H and O–H groups in total. The Hall–Kier alpha value is -0.680. The first-order valence-corrected chi connectivity index (χ1v) is 6.14. The van der Waals surface area contributed by atoms with Crippen molar-refractivity contribution in [3.63, 3.8) is 0 Å². The van der Waals surface area contributed by atoms with Crippen LogP contribution in [0.1, 0.15) is 20.3 Å². The van der Waals surface area contributed by atoms with Crippen molar-refractivity contribution in [2.24, 2.45) is 0 Å². The molecule has 0 aromatic rings. The lowest BCUT2D eigenvalue weighted by atomic mass is 10.2. The summed E-state index contributed by atoms with van der Waals surface area (Å²) in [6.45, 7) is 5.67. The molecule has 2 aliphatic heterocycles. The van der Waals surface area contributed by atoms with E-state index in [1.54, 1.807) is 16.7 Å². The summed E-state index contributed by atoms with van der Waals surface area (Å²) in [7, 11) is 0. The summed E-state index contributed by atoms with van der Waals surface area (Å²) >= 11 is 1.61. The molecule has 1 amide bonds. The van der Waals surface area contributed by atoms with Gasteiger partial charge in [-0.15, -0.1) is 11.8 Å². The average Bonchev–Trinajstić information content (AvgIpc) is 2.22. The van der Waals surface area contributed by atoms with Gasteiger partial charge in [0.25, 0.3) is 0 Å². The van der Waals surface area contributed by atoms with Crippen molar-refractivity contribution in [3.05, 3.63) is 12.0 Å². The van der Waals surface area contributed by atoms with Crippen molar-refractivity contribution >= 4 is 17.7 Å². The average molecular weight is 231 g/mol. The number of β-lactam (4-membered cyclic amide) rings is 1. The molecule has 0 bridgehead atoms. The highest BCUT2D eigenvalue weighted by molar-refractivity contribution is 8.00. The van der Waals surface area contributed by atoms with E-state index >= 15 is 0 Å². The second kappa shape index (κ2) is 6.02. The first-order valence-electron chi connectivity index (χ1n) is 5.09. The Morgan fingerprint density at radius 2 is 2.27 bits per heavy atom. The molecule has 1 atom stereocenters. The number of hydrogen-bond donors (Lipinski definition) is 1. The molecule has 86 valence electrons. The van der Waals surface area contributed by atoms with Gasteiger partial charge in [-0.2, -0.15) is 0 Å². The molecule has 5 heteroatoms. The fraction of sp³-hybridized carbons (Fsp3) is 0.700. The molecule has 0 spiro atoms. The van der Waals surface area contributed by atoms with E-state index in [1.165, 1.54) is 6.20 Å². The molecule has 0 aromatic heterocycles. The van der Waals surface area contributed by atoms with Crippen LogP contribution in [0.4, 0.5) is 0 Å². The summed E-state index contributed by atoms with van der Waals surface area (Å²) < 4.78 is 4.83. The predicted molar refractivity (Wildman–Crippen MR) is 60.6 cm³/mol. The fourth-order valence-corrected chi connectivity index (χ4v) is 2.32. The molecule has 0 aliphatic carbocycles. The molecule has 15 heavy (non-hydrogen) atoms. The van der Waals surface area contributed by atoms with Gasteiger partial charge < -0.3 is 14.7 Å². The number of hydrogen-bond acceptors (Lipinski definition) is 4. The number of nitrogens with zero attached hydrogens (tertiary/aromatic N) is 1. The monoisotopic (exact) mass is 231 g/mol. The SMILES string of the molecule is CCOCC.O=C1C[C@H]2SCC(O)=CN12. The number of carbonyl (C=O) groups excluding carboxylic acids is 1. The number of amides is 1. The van der Waals surface area contributed by atoms with Gasteiger partial charge >= 0.3 is 0 Å². The second-order valence-electron chi connectivity index (χ2n) is 3.17. The number of rotatable bonds is 2. The van der Waals surface area contributed by atoms with Gasteiger partial charge in [-0.25, -0.2) is 0 Å². The molecule has 4 nitrogen and oxygen atoms in total. The van der Waals surface area contributed by atoms with Crippen LogP contribution in [0.3, 0.4) is 0 Å². The summed E-state index contributed by atoms with van der Waals surface area (Å²) in [5.41, 5.74) is 0. The van der Waals surface area contributed by atoms with E-state index in [4.69, 9.17) is 9.84 Å². The van der Waals surface area contributed by atoms with Crippen molar-refractivity contribution in [3.8, 4) is 0 Å². The van der Waals surface area contributed by atoms with Crippen LogP contribution in [-0.2, 0) is 9.53 Å². The van der Waals surface area contributed by atoms with E-state index < -0.39 is 0 Å². The number of aliphatic hydroxyl groups excluding tert-OH is 1. The Labute approximate surface area is 94.3 Å². The van der Waals surface area contributed by atoms with Gasteiger partial charge in [-0.05, 0) is 13.8 Å². The Kier molecular flexibility index (Phi) is 4.98. The molecule has 1 saturated heterocycles. The standard InChI is InChI=1S/C6H7NO2S.C4H10O/c8-4-2-7-5(9)1-6(7)10-3-4;1-3-5-4-2/h2,6,8H,1,3H2;3-4H2,1-2H3/t6-;/m1./s1. The third-order valence-electron chi connectivity index (χ3n) is 2.07. The Balaban J connectivity index is 0.000000195. The molecule has 1 fully saturated rings. The lowest BCUT2D eigenvalue weighted by Gasteiger charge is -2.39. The van der Waals surface area contributed by atoms with Crippen molar-refractivity contribution in [2.45, 2.75) is 25.6 Å². The van der Waals surface area contributed by atoms with E-state index in [-0.39, 0.29) is 5.91 Å². The minimum absolute atomic E-state index is 0.115. The first kappa shape index (κ1) is 12.4. The van der Waals surface area contributed by atoms with Crippen LogP contribution in [0.2, 0.25) is 0 Å². The van der Waals surface area contributed by atoms with E-state index in [0.717, 1.165) is 13.2 Å². The van der Waals surface area contributed by atoms with Gasteiger partial charge in [-0.3, -0.25) is 4.79 Å². The summed E-state index contributed by atoms with van der Waals surface area (Å²) in [5, 5.41) is 9.30. The molecular weight excluding hydrogens is 214 g/mol. The van der Waals surface area contributed by atoms with E-state index in [9.17, 15) is 4.79 Å². The van der Waals surface area contributed by atoms with Gasteiger partial charge in [0.15, 0.2) is 0 Å². The molecular formula is C10H17NO3S. The summed E-state index contributed by atoms with van der Waals surface area (Å²) in [4.78, 5) is 12.4. The number of fused-ring (bicyclic) bond motifs is 1. The van der Waals surface area contributed by atoms with Crippen LogP contribution in [0.15, 0.2) is 12.0 Å². The van der Waals surface area contributed by atoms with Crippen molar-refractivity contribution in [2.75, 3.05) is 19.0 Å². The quantitative estimate of drug-likeness (QED) is 0.735. The van der Waals surface area contributed by atoms with Crippen LogP contribution in [0.5, 0.6) is 0 Å². The van der Waals surface area contributed by atoms with Gasteiger partial charge in [-0.1, -0.05) is 0 Å². The first-order chi connectivity index (χ1) is 7.19. The van der Waals surface area contributed by atoms with Crippen molar-refractivity contribution < 1.29 is 14.6 Å². The van der Waals surface area contributed by atoms with Crippen LogP contribution < -0.4 is 0 Å². The topological polar surface area (TPSA) is 49.8 Å². The Morgan fingerprint density at radius 1 is 1.60 bits per heavy atom. The summed E-state index contributed by atoms with van der Waals surface area (Å²) in [6, 6.07) is 0. The van der Waals surface area contributed by atoms with Gasteiger partial charge in [0.05, 0.1) is 17.5 Å². The maximum absolute atomic E-state index is 10.8. The van der Waals surface area contributed by atoms with E-state index in [0.29, 0.717) is 23.3 Å². The smallest absolute Gasteiger partial charge is 0.230 e. The van der Waals surface area contributed by atoms with E-state index in [2.05, 4.69) is 0 Å². The Bertz CT molecular complexity index is 253. The minimum Gasteiger partial charge on any atom is -0.510 e. The largest absolute Gasteiger partial charge is 0.510 e. The highest BCUT2D eigenvalue weighted by Gasteiger charge is 2.37. The zero-order chi connectivity index (χ0) is 11.3. The van der Waals surface area contributed by atoms with Crippen molar-refractivity contribution in [1.29, 1.82) is 0 Å². The maximum Gasteiger partial charge on any atom is 0.230 e. The van der Waals surface area contributed by atoms with Gasteiger partial charge in [0.1, 0.15) is 5.76 Å². The number of carbonyl (C=O) groups is 1. The highest BCUT2D eigenvalue weighted by Crippen LogP contribution is 2.34. The lowest BCUT2D eigenvalue weighted by Crippen LogP contribution is -2.49. The maximum atomic E-state index is 10.8. The zero-order valence-corrected chi connectivity index (χ0v) is 9.92. The normalized spacial score (nSPS) is 23.3. The zero-order valence-electron chi connectivity index (χ0n) is 9.10. The van der Waals surface area contributed by atoms with Crippen LogP contribution in [0, 0.1) is 0 Å². The lowest BCUT2D eigenvalue weighted by molar-refractivity contribution is -0.137. The predicted octanol–water partition coefficient (Wildman–Crippen LogP) is 1.73. The van der Waals surface area contributed by atoms with E-state index in [1.807, 2.05) is 13.8 Å². The molecule has 0 radical (unpaired) electrons. The number of aliphatic hydroxyl groups is 1. The van der Waals surface area contributed by atoms with Gasteiger partial charge in [0, 0.05) is 19.4 Å². The molecule has 2 rings (SSSR count). The molecule has 2 aliphatic rings. The van der Waals surface area contributed by atoms with Crippen LogP contribution in [-0.4, -0.2) is 40.3 Å². The fourth-order valence-electron chi connectivity index (χ4n) is 1.28.